The van der Waals surface area contributed by atoms with Crippen LogP contribution in [0.15, 0.2) is 42.7 Å². The molecule has 1 saturated heterocycles. The summed E-state index contributed by atoms with van der Waals surface area (Å²) < 4.78 is 5.42. The average Bonchev–Trinajstić information content (AvgIpc) is 3.78. The second kappa shape index (κ2) is 11.5. The van der Waals surface area contributed by atoms with E-state index in [4.69, 9.17) is 16.3 Å². The molecule has 3 aliphatic rings. The van der Waals surface area contributed by atoms with Crippen LogP contribution < -0.4 is 10.6 Å². The zero-order valence-electron chi connectivity index (χ0n) is 22.0. The minimum atomic E-state index is -0.642. The van der Waals surface area contributed by atoms with E-state index in [9.17, 15) is 14.7 Å². The number of ether oxygens (including phenoxy) is 1. The molecule has 2 amide bonds. The van der Waals surface area contributed by atoms with E-state index in [1.54, 1.807) is 12.3 Å². The van der Waals surface area contributed by atoms with Crippen LogP contribution in [0.1, 0.15) is 64.8 Å². The number of hydrogen-bond acceptors (Lipinski definition) is 8. The van der Waals surface area contributed by atoms with E-state index in [1.807, 2.05) is 30.5 Å². The van der Waals surface area contributed by atoms with Crippen LogP contribution in [0, 0.1) is 0 Å². The molecule has 4 heterocycles. The third-order valence-electron chi connectivity index (χ3n) is 7.63. The van der Waals surface area contributed by atoms with Gasteiger partial charge in [-0.3, -0.25) is 14.6 Å². The Morgan fingerprint density at radius 2 is 1.95 bits per heavy atom. The number of nitrogens with one attached hydrogen (secondary N) is 2. The number of amides is 2. The second-order valence-corrected chi connectivity index (χ2v) is 11.0. The highest BCUT2D eigenvalue weighted by atomic mass is 35.5. The summed E-state index contributed by atoms with van der Waals surface area (Å²) in [4.78, 5) is 41.0. The van der Waals surface area contributed by atoms with E-state index in [0.29, 0.717) is 59.2 Å². The molecule has 0 bridgehead atoms. The Bertz CT molecular complexity index is 1410. The van der Waals surface area contributed by atoms with Gasteiger partial charge in [-0.2, -0.15) is 0 Å². The molecule has 1 aromatic carbocycles. The van der Waals surface area contributed by atoms with Crippen molar-refractivity contribution in [2.24, 2.45) is 0 Å². The molecule has 11 heteroatoms. The van der Waals surface area contributed by atoms with Crippen LogP contribution >= 0.6 is 11.6 Å². The Hall–Kier alpha value is -3.60. The summed E-state index contributed by atoms with van der Waals surface area (Å²) in [7, 11) is 0. The Morgan fingerprint density at radius 1 is 1.12 bits per heavy atom. The number of carbonyl (C=O) groups is 2. The van der Waals surface area contributed by atoms with Crippen LogP contribution in [0.2, 0.25) is 5.02 Å². The van der Waals surface area contributed by atoms with Gasteiger partial charge in [-0.05, 0) is 54.9 Å². The molecular weight excluding hydrogens is 532 g/mol. The van der Waals surface area contributed by atoms with Crippen LogP contribution in [0.4, 0.5) is 5.95 Å². The van der Waals surface area contributed by atoms with Gasteiger partial charge in [0.05, 0.1) is 35.3 Å². The molecule has 1 saturated carbocycles. The van der Waals surface area contributed by atoms with Gasteiger partial charge in [0.25, 0.3) is 5.91 Å². The smallest absolute Gasteiger partial charge is 0.254 e. The molecule has 0 radical (unpaired) electrons. The monoisotopic (exact) mass is 562 g/mol. The quantitative estimate of drug-likeness (QED) is 0.361. The van der Waals surface area contributed by atoms with Gasteiger partial charge in [0.2, 0.25) is 11.9 Å². The highest BCUT2D eigenvalue weighted by Crippen LogP contribution is 2.39. The summed E-state index contributed by atoms with van der Waals surface area (Å²) in [6, 6.07) is 8.94. The first-order valence-electron chi connectivity index (χ1n) is 13.6. The highest BCUT2D eigenvalue weighted by Gasteiger charge is 2.30. The zero-order valence-corrected chi connectivity index (χ0v) is 22.7. The number of rotatable bonds is 9. The van der Waals surface area contributed by atoms with Gasteiger partial charge in [-0.1, -0.05) is 29.8 Å². The van der Waals surface area contributed by atoms with Crippen molar-refractivity contribution in [2.45, 2.75) is 50.2 Å². The van der Waals surface area contributed by atoms with Gasteiger partial charge in [0.15, 0.2) is 0 Å². The lowest BCUT2D eigenvalue weighted by atomic mass is 10.0. The van der Waals surface area contributed by atoms with Gasteiger partial charge in [0, 0.05) is 43.1 Å². The Morgan fingerprint density at radius 3 is 2.67 bits per heavy atom. The number of halogens is 1. The maximum Gasteiger partial charge on any atom is 0.254 e. The van der Waals surface area contributed by atoms with Gasteiger partial charge in [-0.25, -0.2) is 9.97 Å². The predicted molar refractivity (Wildman–Crippen MR) is 149 cm³/mol. The third kappa shape index (κ3) is 5.79. The fourth-order valence-corrected chi connectivity index (χ4v) is 5.41. The normalized spacial score (nSPS) is 17.9. The number of anilines is 1. The van der Waals surface area contributed by atoms with Crippen LogP contribution in [0.25, 0.3) is 11.3 Å². The molecule has 1 unspecified atom stereocenters. The molecule has 0 spiro atoms. The van der Waals surface area contributed by atoms with E-state index in [0.717, 1.165) is 18.4 Å². The molecule has 2 aliphatic heterocycles. The van der Waals surface area contributed by atoms with Crippen molar-refractivity contribution in [2.75, 3.05) is 31.7 Å². The number of pyridine rings is 1. The summed E-state index contributed by atoms with van der Waals surface area (Å²) in [5.74, 6) is 0.445. The van der Waals surface area contributed by atoms with Crippen LogP contribution in [0.5, 0.6) is 0 Å². The van der Waals surface area contributed by atoms with E-state index < -0.39 is 6.04 Å². The van der Waals surface area contributed by atoms with Gasteiger partial charge in [0.1, 0.15) is 6.54 Å². The zero-order chi connectivity index (χ0) is 27.6. The lowest BCUT2D eigenvalue weighted by Gasteiger charge is -2.23. The van der Waals surface area contributed by atoms with Crippen molar-refractivity contribution < 1.29 is 19.4 Å². The maximum atomic E-state index is 13.3. The Labute approximate surface area is 237 Å². The number of aliphatic hydroxyl groups is 1. The van der Waals surface area contributed by atoms with Crippen LogP contribution in [-0.4, -0.2) is 69.2 Å². The lowest BCUT2D eigenvalue weighted by Crippen LogP contribution is -2.40. The first-order valence-corrected chi connectivity index (χ1v) is 14.0. The van der Waals surface area contributed by atoms with Gasteiger partial charge in [-0.15, -0.1) is 0 Å². The minimum absolute atomic E-state index is 0.132. The molecule has 6 rings (SSSR count). The molecule has 2 fully saturated rings. The Balaban J connectivity index is 1.11. The molecule has 10 nitrogen and oxygen atoms in total. The molecule has 1 atom stereocenters. The van der Waals surface area contributed by atoms with E-state index >= 15 is 0 Å². The second-order valence-electron chi connectivity index (χ2n) is 10.5. The van der Waals surface area contributed by atoms with Crippen molar-refractivity contribution >= 4 is 29.4 Å². The summed E-state index contributed by atoms with van der Waals surface area (Å²) in [6.07, 6.45) is 7.48. The average molecular weight is 563 g/mol. The largest absolute Gasteiger partial charge is 0.394 e. The standard InChI is InChI=1S/C29H31ClN6O4/c30-23-13-32-29(33-21-7-9-40-10-8-21)35-27(23)18-3-4-20-14-36(28(39)22(20)11-18)15-26(38)34-25(16-37)24-6-5-19(12-31-24)17-1-2-17/h3-6,11-13,17,21,25,37H,1-2,7-10,14-16H2,(H,34,38)(H,32,33,35). The van der Waals surface area contributed by atoms with Crippen molar-refractivity contribution in [1.29, 1.82) is 0 Å². The van der Waals surface area contributed by atoms with E-state index in [-0.39, 0.29) is 31.0 Å². The third-order valence-corrected chi connectivity index (χ3v) is 7.90. The van der Waals surface area contributed by atoms with Crippen LogP contribution in [-0.2, 0) is 16.1 Å². The maximum absolute atomic E-state index is 13.3. The van der Waals surface area contributed by atoms with E-state index in [1.165, 1.54) is 23.3 Å². The fourth-order valence-electron chi connectivity index (χ4n) is 5.21. The number of aliphatic hydroxyl groups excluding tert-OH is 1. The molecule has 1 aliphatic carbocycles. The summed E-state index contributed by atoms with van der Waals surface area (Å²) in [6.45, 7) is 1.29. The van der Waals surface area contributed by atoms with Crippen LogP contribution in [0.3, 0.4) is 0 Å². The number of nitrogens with zero attached hydrogens (tertiary/aromatic N) is 4. The topological polar surface area (TPSA) is 130 Å². The number of hydrogen-bond donors (Lipinski definition) is 3. The number of carbonyl (C=O) groups excluding carboxylic acids is 2. The van der Waals surface area contributed by atoms with Gasteiger partial charge < -0.3 is 25.4 Å². The summed E-state index contributed by atoms with van der Waals surface area (Å²) in [5, 5.41) is 16.4. The van der Waals surface area contributed by atoms with Crippen molar-refractivity contribution in [3.05, 3.63) is 70.1 Å². The predicted octanol–water partition coefficient (Wildman–Crippen LogP) is 3.47. The number of fused-ring (bicyclic) bond motifs is 1. The molecular formula is C29H31ClN6O4. The van der Waals surface area contributed by atoms with E-state index in [2.05, 4.69) is 25.6 Å². The van der Waals surface area contributed by atoms with Crippen molar-refractivity contribution in [3.63, 3.8) is 0 Å². The lowest BCUT2D eigenvalue weighted by molar-refractivity contribution is -0.122. The number of aromatic nitrogens is 3. The fraction of sp³-hybridized carbons (Fsp3) is 0.414. The van der Waals surface area contributed by atoms with Gasteiger partial charge >= 0.3 is 0 Å². The van der Waals surface area contributed by atoms with Crippen molar-refractivity contribution in [3.8, 4) is 11.3 Å². The highest BCUT2D eigenvalue weighted by molar-refractivity contribution is 6.33. The summed E-state index contributed by atoms with van der Waals surface area (Å²) >= 11 is 6.45. The first-order chi connectivity index (χ1) is 19.5. The SMILES string of the molecule is O=C(CN1Cc2ccc(-c3nc(NC4CCOCC4)ncc3Cl)cc2C1=O)NC(CO)c1ccc(C2CC2)cn1. The molecule has 3 N–H and O–H groups in total. The first kappa shape index (κ1) is 26.6. The minimum Gasteiger partial charge on any atom is -0.394 e. The molecule has 3 aromatic rings. The molecule has 40 heavy (non-hydrogen) atoms. The number of benzene rings is 1. The van der Waals surface area contributed by atoms with Crippen molar-refractivity contribution in [1.82, 2.24) is 25.2 Å². The molecule has 208 valence electrons. The Kier molecular flexibility index (Phi) is 7.64. The molecule has 2 aromatic heterocycles. The summed E-state index contributed by atoms with van der Waals surface area (Å²) in [5.41, 5.74) is 4.33.